The molecule has 1 aliphatic heterocycles. The first-order chi connectivity index (χ1) is 22.0. The van der Waals surface area contributed by atoms with Crippen LogP contribution in [0.15, 0.2) is 90.3 Å². The van der Waals surface area contributed by atoms with E-state index in [-0.39, 0.29) is 36.0 Å². The standard InChI is InChI=1S/C34H41N5O6S/c1-24-18-39(25(2)22-40)34(41)17-27-16-28(36-46(42,43)33-21-38(4)23-35-33)12-15-31(27)45-32(24)20-37(3)19-26-10-13-30(14-11-26)44-29-8-6-5-7-9-29/h5-16,21,23-25,32,36,40H,17-20,22H2,1-4H3/t24-,25+,32-/m0/s1. The molecule has 1 aromatic heterocycles. The molecule has 4 aromatic rings. The lowest BCUT2D eigenvalue weighted by Crippen LogP contribution is -2.47. The number of sulfonamides is 1. The first kappa shape index (κ1) is 33.0. The van der Waals surface area contributed by atoms with E-state index < -0.39 is 16.1 Å². The maximum absolute atomic E-state index is 13.5. The smallest absolute Gasteiger partial charge is 0.280 e. The van der Waals surface area contributed by atoms with Crippen molar-refractivity contribution in [2.45, 2.75) is 44.0 Å². The molecule has 0 aliphatic carbocycles. The molecule has 5 rings (SSSR count). The average Bonchev–Trinajstić information content (AvgIpc) is 3.49. The Morgan fingerprint density at radius 3 is 2.50 bits per heavy atom. The van der Waals surface area contributed by atoms with Crippen molar-refractivity contribution in [1.29, 1.82) is 0 Å². The lowest BCUT2D eigenvalue weighted by molar-refractivity contribution is -0.134. The van der Waals surface area contributed by atoms with E-state index in [1.54, 1.807) is 34.7 Å². The quantitative estimate of drug-likeness (QED) is 0.247. The molecule has 2 N–H and O–H groups in total. The molecule has 3 aromatic carbocycles. The molecule has 1 amide bonds. The number of nitrogens with zero attached hydrogens (tertiary/aromatic N) is 4. The molecule has 0 saturated heterocycles. The van der Waals surface area contributed by atoms with Gasteiger partial charge in [-0.25, -0.2) is 4.98 Å². The minimum atomic E-state index is -3.93. The van der Waals surface area contributed by atoms with Crippen LogP contribution >= 0.6 is 0 Å². The molecular formula is C34H41N5O6S. The molecule has 11 nitrogen and oxygen atoms in total. The van der Waals surface area contributed by atoms with E-state index in [1.165, 1.54) is 12.5 Å². The van der Waals surface area contributed by atoms with E-state index in [0.717, 1.165) is 17.1 Å². The lowest BCUT2D eigenvalue weighted by atomic mass is 10.0. The fourth-order valence-electron chi connectivity index (χ4n) is 5.42. The number of aromatic nitrogens is 2. The number of hydrogen-bond donors (Lipinski definition) is 2. The Balaban J connectivity index is 1.34. The van der Waals surface area contributed by atoms with Gasteiger partial charge in [-0.05, 0) is 62.0 Å². The highest BCUT2D eigenvalue weighted by atomic mass is 32.2. The normalized spacial score (nSPS) is 17.8. The van der Waals surface area contributed by atoms with Crippen LogP contribution in [0.4, 0.5) is 5.69 Å². The predicted octanol–water partition coefficient (Wildman–Crippen LogP) is 4.29. The summed E-state index contributed by atoms with van der Waals surface area (Å²) in [6, 6.07) is 22.2. The van der Waals surface area contributed by atoms with Crippen molar-refractivity contribution in [3.05, 3.63) is 96.4 Å². The molecule has 0 radical (unpaired) electrons. The Bertz CT molecular complexity index is 1730. The van der Waals surface area contributed by atoms with Crippen LogP contribution in [0.2, 0.25) is 0 Å². The number of benzene rings is 3. The molecule has 0 saturated carbocycles. The summed E-state index contributed by atoms with van der Waals surface area (Å²) in [5.41, 5.74) is 1.95. The summed E-state index contributed by atoms with van der Waals surface area (Å²) in [5.74, 6) is 1.80. The minimum absolute atomic E-state index is 0.00842. The third-order valence-electron chi connectivity index (χ3n) is 7.97. The van der Waals surface area contributed by atoms with Gasteiger partial charge in [-0.1, -0.05) is 37.3 Å². The van der Waals surface area contributed by atoms with Crippen molar-refractivity contribution >= 4 is 21.6 Å². The summed E-state index contributed by atoms with van der Waals surface area (Å²) in [6.07, 6.45) is 2.51. The molecule has 0 bridgehead atoms. The highest BCUT2D eigenvalue weighted by Gasteiger charge is 2.31. The van der Waals surface area contributed by atoms with Gasteiger partial charge >= 0.3 is 0 Å². The van der Waals surface area contributed by atoms with Crippen LogP contribution in [-0.2, 0) is 34.8 Å². The van der Waals surface area contributed by atoms with Crippen molar-refractivity contribution in [2.24, 2.45) is 13.0 Å². The van der Waals surface area contributed by atoms with Crippen molar-refractivity contribution in [3.63, 3.8) is 0 Å². The van der Waals surface area contributed by atoms with Gasteiger partial charge in [-0.15, -0.1) is 0 Å². The number of anilines is 1. The number of amides is 1. The number of carbonyl (C=O) groups is 1. The second kappa shape index (κ2) is 14.4. The van der Waals surface area contributed by atoms with Gasteiger partial charge in [0, 0.05) is 50.0 Å². The summed E-state index contributed by atoms with van der Waals surface area (Å²) in [7, 11) is -0.224. The fourth-order valence-corrected chi connectivity index (χ4v) is 6.45. The van der Waals surface area contributed by atoms with Gasteiger partial charge in [0.15, 0.2) is 5.03 Å². The number of rotatable bonds is 11. The zero-order valence-corrected chi connectivity index (χ0v) is 27.4. The van der Waals surface area contributed by atoms with Crippen molar-refractivity contribution in [2.75, 3.05) is 31.5 Å². The average molecular weight is 648 g/mol. The molecule has 3 atom stereocenters. The van der Waals surface area contributed by atoms with Gasteiger partial charge in [0.2, 0.25) is 5.91 Å². The Labute approximate surface area is 270 Å². The number of hydrogen-bond acceptors (Lipinski definition) is 8. The van der Waals surface area contributed by atoms with Crippen LogP contribution in [0.1, 0.15) is 25.0 Å². The van der Waals surface area contributed by atoms with Crippen molar-refractivity contribution < 1.29 is 27.8 Å². The Hall–Kier alpha value is -4.39. The van der Waals surface area contributed by atoms with E-state index >= 15 is 0 Å². The van der Waals surface area contributed by atoms with E-state index in [0.29, 0.717) is 36.6 Å². The summed E-state index contributed by atoms with van der Waals surface area (Å²) in [6.45, 7) is 5.30. The van der Waals surface area contributed by atoms with Gasteiger partial charge in [-0.3, -0.25) is 14.4 Å². The molecule has 2 heterocycles. The largest absolute Gasteiger partial charge is 0.488 e. The van der Waals surface area contributed by atoms with Gasteiger partial charge in [-0.2, -0.15) is 8.42 Å². The number of para-hydroxylation sites is 1. The molecule has 12 heteroatoms. The molecule has 244 valence electrons. The number of likely N-dealkylation sites (N-methyl/N-ethyl adjacent to an activating group) is 1. The summed E-state index contributed by atoms with van der Waals surface area (Å²) < 4.78 is 42.5. The molecule has 1 aliphatic rings. The summed E-state index contributed by atoms with van der Waals surface area (Å²) in [4.78, 5) is 21.4. The predicted molar refractivity (Wildman–Crippen MR) is 175 cm³/mol. The highest BCUT2D eigenvalue weighted by Crippen LogP contribution is 2.30. The second-order valence-corrected chi connectivity index (χ2v) is 13.6. The number of aliphatic hydroxyl groups is 1. The number of aryl methyl sites for hydroxylation is 1. The Morgan fingerprint density at radius 2 is 1.83 bits per heavy atom. The monoisotopic (exact) mass is 647 g/mol. The number of fused-ring (bicyclic) bond motifs is 1. The van der Waals surface area contributed by atoms with Gasteiger partial charge in [0.1, 0.15) is 23.4 Å². The zero-order chi connectivity index (χ0) is 32.8. The first-order valence-corrected chi connectivity index (χ1v) is 16.7. The number of carbonyl (C=O) groups excluding carboxylic acids is 1. The maximum Gasteiger partial charge on any atom is 0.280 e. The summed E-state index contributed by atoms with van der Waals surface area (Å²) >= 11 is 0. The number of imidazole rings is 1. The van der Waals surface area contributed by atoms with Gasteiger partial charge in [0.25, 0.3) is 10.0 Å². The van der Waals surface area contributed by atoms with Crippen LogP contribution < -0.4 is 14.2 Å². The van der Waals surface area contributed by atoms with Gasteiger partial charge in [0.05, 0.1) is 25.4 Å². The van der Waals surface area contributed by atoms with Gasteiger partial charge < -0.3 is 24.0 Å². The Morgan fingerprint density at radius 1 is 1.11 bits per heavy atom. The minimum Gasteiger partial charge on any atom is -0.488 e. The van der Waals surface area contributed by atoms with Crippen LogP contribution in [0.3, 0.4) is 0 Å². The topological polar surface area (TPSA) is 126 Å². The van der Waals surface area contributed by atoms with Crippen LogP contribution in [0, 0.1) is 5.92 Å². The highest BCUT2D eigenvalue weighted by molar-refractivity contribution is 7.92. The number of aliphatic hydroxyl groups excluding tert-OH is 1. The fraction of sp³-hybridized carbons (Fsp3) is 0.353. The van der Waals surface area contributed by atoms with Crippen LogP contribution in [0.25, 0.3) is 0 Å². The maximum atomic E-state index is 13.5. The molecule has 0 fully saturated rings. The molecule has 0 spiro atoms. The van der Waals surface area contributed by atoms with Crippen LogP contribution in [-0.4, -0.2) is 77.7 Å². The van der Waals surface area contributed by atoms with E-state index in [2.05, 4.69) is 14.6 Å². The summed E-state index contributed by atoms with van der Waals surface area (Å²) in [5, 5.41) is 9.84. The van der Waals surface area contributed by atoms with Crippen molar-refractivity contribution in [3.8, 4) is 17.2 Å². The SMILES string of the molecule is C[C@H](CO)N1C[C@H](C)[C@H](CN(C)Cc2ccc(Oc3ccccc3)cc2)Oc2ccc(NS(=O)(=O)c3cn(C)cn3)cc2CC1=O. The van der Waals surface area contributed by atoms with E-state index in [9.17, 15) is 18.3 Å². The lowest BCUT2D eigenvalue weighted by Gasteiger charge is -2.34. The van der Waals surface area contributed by atoms with Crippen LogP contribution in [0.5, 0.6) is 17.2 Å². The molecule has 0 unspecified atom stereocenters. The first-order valence-electron chi connectivity index (χ1n) is 15.2. The molecule has 46 heavy (non-hydrogen) atoms. The van der Waals surface area contributed by atoms with E-state index in [1.807, 2.05) is 75.5 Å². The molecular weight excluding hydrogens is 606 g/mol. The third-order valence-corrected chi connectivity index (χ3v) is 9.24. The Kier molecular flexibility index (Phi) is 10.3. The second-order valence-electron chi connectivity index (χ2n) is 11.9. The van der Waals surface area contributed by atoms with Crippen molar-refractivity contribution in [1.82, 2.24) is 19.4 Å². The zero-order valence-electron chi connectivity index (χ0n) is 26.5. The third kappa shape index (κ3) is 8.25. The number of nitrogens with one attached hydrogen (secondary N) is 1. The van der Waals surface area contributed by atoms with E-state index in [4.69, 9.17) is 9.47 Å². The number of ether oxygens (including phenoxy) is 2.